The largest absolute Gasteiger partial charge is 0.482 e. The van der Waals surface area contributed by atoms with Crippen molar-refractivity contribution in [1.29, 1.82) is 0 Å². The standard InChI is InChI=1S/C20H28N2O4.ClH/c1-2-25-17(23)12-26-16-7-3-13(4-8-16)9-10-22-20(24)18-14-5-6-15(11-14)19(18)21;/h3-4,7-8,14-15,18-19H,2,5-6,9-12,21H2,1H3,(H,22,24);1H. The number of hydrogen-bond acceptors (Lipinski definition) is 5. The summed E-state index contributed by atoms with van der Waals surface area (Å²) in [5.74, 6) is 1.37. The number of carbonyl (C=O) groups excluding carboxylic acids is 2. The molecule has 4 atom stereocenters. The number of ether oxygens (including phenoxy) is 2. The highest BCUT2D eigenvalue weighted by Gasteiger charge is 2.48. The first-order chi connectivity index (χ1) is 12.6. The van der Waals surface area contributed by atoms with Crippen LogP contribution >= 0.6 is 12.4 Å². The van der Waals surface area contributed by atoms with Gasteiger partial charge in [0.1, 0.15) is 5.75 Å². The van der Waals surface area contributed by atoms with E-state index in [0.29, 0.717) is 30.7 Å². The third-order valence-electron chi connectivity index (χ3n) is 5.58. The van der Waals surface area contributed by atoms with Crippen molar-refractivity contribution in [3.8, 4) is 5.75 Å². The number of hydrogen-bond donors (Lipinski definition) is 2. The molecule has 6 nitrogen and oxygen atoms in total. The SMILES string of the molecule is CCOC(=O)COc1ccc(CCNC(=O)C2C3CCC(C3)C2N)cc1.Cl. The van der Waals surface area contributed by atoms with Crippen molar-refractivity contribution < 1.29 is 19.1 Å². The van der Waals surface area contributed by atoms with Crippen molar-refractivity contribution in [2.45, 2.75) is 38.6 Å². The van der Waals surface area contributed by atoms with Crippen LogP contribution in [0.3, 0.4) is 0 Å². The zero-order chi connectivity index (χ0) is 18.5. The van der Waals surface area contributed by atoms with Crippen LogP contribution in [0.25, 0.3) is 0 Å². The molecule has 2 bridgehead atoms. The number of amides is 1. The van der Waals surface area contributed by atoms with Gasteiger partial charge in [-0.1, -0.05) is 12.1 Å². The van der Waals surface area contributed by atoms with Gasteiger partial charge in [0.15, 0.2) is 6.61 Å². The number of rotatable bonds is 8. The molecule has 150 valence electrons. The molecule has 3 N–H and O–H groups in total. The quantitative estimate of drug-likeness (QED) is 0.656. The molecule has 1 aromatic carbocycles. The number of halogens is 1. The van der Waals surface area contributed by atoms with Crippen LogP contribution in [0, 0.1) is 17.8 Å². The number of nitrogens with one attached hydrogen (secondary N) is 1. The molecule has 3 rings (SSSR count). The molecule has 0 saturated heterocycles. The molecule has 0 aliphatic heterocycles. The van der Waals surface area contributed by atoms with Crippen LogP contribution in [0.2, 0.25) is 0 Å². The maximum absolute atomic E-state index is 12.4. The summed E-state index contributed by atoms with van der Waals surface area (Å²) >= 11 is 0. The van der Waals surface area contributed by atoms with E-state index in [-0.39, 0.29) is 42.9 Å². The maximum atomic E-state index is 12.4. The summed E-state index contributed by atoms with van der Waals surface area (Å²) in [4.78, 5) is 23.7. The van der Waals surface area contributed by atoms with Crippen LogP contribution in [-0.4, -0.2) is 37.7 Å². The molecule has 0 heterocycles. The Labute approximate surface area is 166 Å². The molecule has 2 aliphatic rings. The lowest BCUT2D eigenvalue weighted by molar-refractivity contribution is -0.145. The van der Waals surface area contributed by atoms with Gasteiger partial charge in [0.2, 0.25) is 5.91 Å². The van der Waals surface area contributed by atoms with Crippen LogP contribution in [0.4, 0.5) is 0 Å². The van der Waals surface area contributed by atoms with Crippen LogP contribution in [0.15, 0.2) is 24.3 Å². The Balaban J connectivity index is 0.00000261. The molecular formula is C20H29ClN2O4. The van der Waals surface area contributed by atoms with E-state index >= 15 is 0 Å². The van der Waals surface area contributed by atoms with Crippen molar-refractivity contribution in [2.24, 2.45) is 23.5 Å². The fraction of sp³-hybridized carbons (Fsp3) is 0.600. The molecule has 2 saturated carbocycles. The van der Waals surface area contributed by atoms with Crippen LogP contribution in [0.1, 0.15) is 31.7 Å². The van der Waals surface area contributed by atoms with Gasteiger partial charge in [-0.25, -0.2) is 4.79 Å². The van der Waals surface area contributed by atoms with Gasteiger partial charge in [0, 0.05) is 12.6 Å². The van der Waals surface area contributed by atoms with E-state index in [0.717, 1.165) is 24.8 Å². The van der Waals surface area contributed by atoms with Crippen LogP contribution in [0.5, 0.6) is 5.75 Å². The zero-order valence-electron chi connectivity index (χ0n) is 15.7. The minimum atomic E-state index is -0.377. The topological polar surface area (TPSA) is 90.6 Å². The van der Waals surface area contributed by atoms with Crippen LogP contribution in [-0.2, 0) is 20.7 Å². The Morgan fingerprint density at radius 1 is 1.19 bits per heavy atom. The van der Waals surface area contributed by atoms with Gasteiger partial charge in [-0.2, -0.15) is 0 Å². The van der Waals surface area contributed by atoms with Gasteiger partial charge in [-0.3, -0.25) is 4.79 Å². The average molecular weight is 397 g/mol. The first kappa shape index (κ1) is 21.5. The van der Waals surface area contributed by atoms with E-state index < -0.39 is 0 Å². The zero-order valence-corrected chi connectivity index (χ0v) is 16.5. The first-order valence-electron chi connectivity index (χ1n) is 9.49. The second-order valence-corrected chi connectivity index (χ2v) is 7.22. The van der Waals surface area contributed by atoms with E-state index in [1.807, 2.05) is 24.3 Å². The van der Waals surface area contributed by atoms with Crippen molar-refractivity contribution in [3.05, 3.63) is 29.8 Å². The highest BCUT2D eigenvalue weighted by molar-refractivity contribution is 5.85. The summed E-state index contributed by atoms with van der Waals surface area (Å²) < 4.78 is 10.2. The third-order valence-corrected chi connectivity index (χ3v) is 5.58. The predicted octanol–water partition coefficient (Wildman–Crippen LogP) is 2.08. The van der Waals surface area contributed by atoms with Gasteiger partial charge < -0.3 is 20.5 Å². The monoisotopic (exact) mass is 396 g/mol. The molecule has 1 amide bonds. The summed E-state index contributed by atoms with van der Waals surface area (Å²) in [6, 6.07) is 7.56. The lowest BCUT2D eigenvalue weighted by Gasteiger charge is -2.27. The normalized spacial score (nSPS) is 25.6. The van der Waals surface area contributed by atoms with E-state index in [1.54, 1.807) is 6.92 Å². The highest BCUT2D eigenvalue weighted by Crippen LogP contribution is 2.47. The molecule has 27 heavy (non-hydrogen) atoms. The average Bonchev–Trinajstić information content (AvgIpc) is 3.22. The van der Waals surface area contributed by atoms with Crippen molar-refractivity contribution in [3.63, 3.8) is 0 Å². The second-order valence-electron chi connectivity index (χ2n) is 7.22. The molecular weight excluding hydrogens is 368 g/mol. The number of fused-ring (bicyclic) bond motifs is 2. The van der Waals surface area contributed by atoms with Gasteiger partial charge in [0.05, 0.1) is 12.5 Å². The minimum Gasteiger partial charge on any atom is -0.482 e. The summed E-state index contributed by atoms with van der Waals surface area (Å²) in [5, 5.41) is 3.05. The van der Waals surface area contributed by atoms with Crippen molar-refractivity contribution >= 4 is 24.3 Å². The maximum Gasteiger partial charge on any atom is 0.344 e. The van der Waals surface area contributed by atoms with E-state index in [2.05, 4.69) is 5.32 Å². The van der Waals surface area contributed by atoms with Gasteiger partial charge in [-0.15, -0.1) is 12.4 Å². The molecule has 2 fully saturated rings. The number of nitrogens with two attached hydrogens (primary N) is 1. The predicted molar refractivity (Wildman–Crippen MR) is 105 cm³/mol. The molecule has 1 aromatic rings. The smallest absolute Gasteiger partial charge is 0.344 e. The third kappa shape index (κ3) is 5.36. The van der Waals surface area contributed by atoms with Gasteiger partial charge in [0.25, 0.3) is 0 Å². The van der Waals surface area contributed by atoms with Crippen molar-refractivity contribution in [1.82, 2.24) is 5.32 Å². The molecule has 4 unspecified atom stereocenters. The van der Waals surface area contributed by atoms with Gasteiger partial charge >= 0.3 is 5.97 Å². The minimum absolute atomic E-state index is 0. The second kappa shape index (κ2) is 9.95. The summed E-state index contributed by atoms with van der Waals surface area (Å²) in [7, 11) is 0. The summed E-state index contributed by atoms with van der Waals surface area (Å²) in [6.07, 6.45) is 4.19. The Kier molecular flexibility index (Phi) is 7.92. The summed E-state index contributed by atoms with van der Waals surface area (Å²) in [5.41, 5.74) is 7.33. The van der Waals surface area contributed by atoms with E-state index in [1.165, 1.54) is 6.42 Å². The van der Waals surface area contributed by atoms with E-state index in [9.17, 15) is 9.59 Å². The molecule has 2 aliphatic carbocycles. The fourth-order valence-corrected chi connectivity index (χ4v) is 4.27. The first-order valence-corrected chi connectivity index (χ1v) is 9.49. The Morgan fingerprint density at radius 3 is 2.52 bits per heavy atom. The molecule has 7 heteroatoms. The Bertz CT molecular complexity index is 635. The van der Waals surface area contributed by atoms with E-state index in [4.69, 9.17) is 15.2 Å². The number of esters is 1. The molecule has 0 spiro atoms. The fourth-order valence-electron chi connectivity index (χ4n) is 4.27. The lowest BCUT2D eigenvalue weighted by Crippen LogP contribution is -2.45. The molecule has 0 radical (unpaired) electrons. The Morgan fingerprint density at radius 2 is 1.89 bits per heavy atom. The number of carbonyl (C=O) groups is 2. The van der Waals surface area contributed by atoms with Crippen LogP contribution < -0.4 is 15.8 Å². The lowest BCUT2D eigenvalue weighted by atomic mass is 9.84. The number of benzene rings is 1. The Hall–Kier alpha value is -1.79. The van der Waals surface area contributed by atoms with Gasteiger partial charge in [-0.05, 0) is 62.1 Å². The van der Waals surface area contributed by atoms with Crippen molar-refractivity contribution in [2.75, 3.05) is 19.8 Å². The molecule has 0 aromatic heterocycles. The summed E-state index contributed by atoms with van der Waals surface area (Å²) in [6.45, 7) is 2.62. The highest BCUT2D eigenvalue weighted by atomic mass is 35.5.